The van der Waals surface area contributed by atoms with Crippen LogP contribution in [0.15, 0.2) is 35.2 Å². The first-order valence-corrected chi connectivity index (χ1v) is 12.6. The van der Waals surface area contributed by atoms with Crippen LogP contribution in [0, 0.1) is 0 Å². The number of benzene rings is 1. The molecule has 0 N–H and O–H groups in total. The maximum atomic E-state index is 12.6. The Labute approximate surface area is 179 Å². The van der Waals surface area contributed by atoms with Crippen LogP contribution >= 0.6 is 0 Å². The molecular weight excluding hydrogens is 404 g/mol. The average Bonchev–Trinajstić information content (AvgIpc) is 2.94. The number of likely N-dealkylation sites (tertiary alicyclic amines) is 2. The third kappa shape index (κ3) is 5.60. The topological polar surface area (TPSA) is 84.0 Å². The van der Waals surface area contributed by atoms with Gasteiger partial charge in [-0.25, -0.2) is 8.42 Å². The molecule has 2 atom stereocenters. The predicted molar refractivity (Wildman–Crippen MR) is 114 cm³/mol. The molecule has 2 saturated heterocycles. The molecule has 3 rings (SSSR count). The van der Waals surface area contributed by atoms with E-state index in [0.29, 0.717) is 26.0 Å². The van der Waals surface area contributed by atoms with Gasteiger partial charge in [0.2, 0.25) is 5.91 Å². The highest BCUT2D eigenvalue weighted by Crippen LogP contribution is 2.26. The number of nitrogens with zero attached hydrogens (tertiary/aromatic N) is 2. The number of amides is 1. The Morgan fingerprint density at radius 3 is 2.60 bits per heavy atom. The lowest BCUT2D eigenvalue weighted by Gasteiger charge is -2.39. The smallest absolute Gasteiger partial charge is 0.323 e. The van der Waals surface area contributed by atoms with Gasteiger partial charge in [0.1, 0.15) is 6.04 Å². The van der Waals surface area contributed by atoms with E-state index in [1.807, 2.05) is 6.92 Å². The minimum Gasteiger partial charge on any atom is -0.465 e. The zero-order valence-corrected chi connectivity index (χ0v) is 18.5. The van der Waals surface area contributed by atoms with Gasteiger partial charge in [0.15, 0.2) is 9.84 Å². The highest BCUT2D eigenvalue weighted by atomic mass is 32.2. The summed E-state index contributed by atoms with van der Waals surface area (Å²) in [6.45, 7) is 3.74. The molecule has 30 heavy (non-hydrogen) atoms. The van der Waals surface area contributed by atoms with E-state index in [-0.39, 0.29) is 41.2 Å². The van der Waals surface area contributed by atoms with Crippen LogP contribution in [0.25, 0.3) is 0 Å². The van der Waals surface area contributed by atoms with Gasteiger partial charge in [-0.2, -0.15) is 0 Å². The van der Waals surface area contributed by atoms with Crippen molar-refractivity contribution < 1.29 is 22.7 Å². The monoisotopic (exact) mass is 436 g/mol. The lowest BCUT2D eigenvalue weighted by molar-refractivity contribution is -0.152. The molecule has 0 spiro atoms. The van der Waals surface area contributed by atoms with Crippen molar-refractivity contribution in [2.75, 3.05) is 32.0 Å². The average molecular weight is 437 g/mol. The first-order valence-electron chi connectivity index (χ1n) is 10.9. The Hall–Kier alpha value is -1.93. The van der Waals surface area contributed by atoms with E-state index in [1.165, 1.54) is 0 Å². The van der Waals surface area contributed by atoms with Gasteiger partial charge in [-0.15, -0.1) is 0 Å². The molecule has 166 valence electrons. The molecular formula is C22H32N2O5S. The maximum Gasteiger partial charge on any atom is 0.323 e. The zero-order valence-electron chi connectivity index (χ0n) is 17.7. The number of piperidine rings is 1. The molecule has 1 amide bonds. The van der Waals surface area contributed by atoms with Crippen molar-refractivity contribution in [2.45, 2.75) is 62.4 Å². The zero-order chi connectivity index (χ0) is 21.6. The van der Waals surface area contributed by atoms with Gasteiger partial charge in [0.25, 0.3) is 0 Å². The van der Waals surface area contributed by atoms with E-state index < -0.39 is 9.84 Å². The number of carbonyl (C=O) groups excluding carboxylic acids is 2. The van der Waals surface area contributed by atoms with Crippen molar-refractivity contribution in [3.63, 3.8) is 0 Å². The molecule has 2 unspecified atom stereocenters. The van der Waals surface area contributed by atoms with Crippen LogP contribution in [0.2, 0.25) is 0 Å². The van der Waals surface area contributed by atoms with Crippen LogP contribution in [0.5, 0.6) is 0 Å². The second-order valence-electron chi connectivity index (χ2n) is 8.00. The van der Waals surface area contributed by atoms with Gasteiger partial charge in [-0.1, -0.05) is 24.6 Å². The van der Waals surface area contributed by atoms with Crippen molar-refractivity contribution in [3.05, 3.63) is 30.3 Å². The van der Waals surface area contributed by atoms with Crippen molar-refractivity contribution in [3.8, 4) is 0 Å². The third-order valence-corrected chi connectivity index (χ3v) is 7.79. The molecule has 0 saturated carbocycles. The fourth-order valence-electron chi connectivity index (χ4n) is 4.45. The number of carbonyl (C=O) groups is 2. The van der Waals surface area contributed by atoms with Crippen LogP contribution in [0.1, 0.15) is 45.4 Å². The highest BCUT2D eigenvalue weighted by Gasteiger charge is 2.36. The number of sulfone groups is 1. The minimum absolute atomic E-state index is 0.00884. The third-order valence-electron chi connectivity index (χ3n) is 6.08. The van der Waals surface area contributed by atoms with E-state index in [0.717, 1.165) is 32.2 Å². The number of rotatable bonds is 7. The van der Waals surface area contributed by atoms with Crippen LogP contribution in [-0.2, 0) is 24.2 Å². The maximum absolute atomic E-state index is 12.6. The summed E-state index contributed by atoms with van der Waals surface area (Å²) in [5.74, 6) is -0.258. The van der Waals surface area contributed by atoms with Gasteiger partial charge in [0.05, 0.1) is 17.3 Å². The number of ether oxygens (including phenoxy) is 1. The van der Waals surface area contributed by atoms with Crippen molar-refractivity contribution in [1.82, 2.24) is 9.80 Å². The van der Waals surface area contributed by atoms with Crippen LogP contribution in [0.4, 0.5) is 0 Å². The van der Waals surface area contributed by atoms with Gasteiger partial charge >= 0.3 is 5.97 Å². The fourth-order valence-corrected chi connectivity index (χ4v) is 5.72. The summed E-state index contributed by atoms with van der Waals surface area (Å²) in [7, 11) is -3.42. The molecule has 2 heterocycles. The van der Waals surface area contributed by atoms with Gasteiger partial charge in [-0.05, 0) is 51.3 Å². The summed E-state index contributed by atoms with van der Waals surface area (Å²) in [4.78, 5) is 29.2. The Morgan fingerprint density at radius 1 is 1.10 bits per heavy atom. The Kier molecular flexibility index (Phi) is 7.88. The summed E-state index contributed by atoms with van der Waals surface area (Å²) in [5.41, 5.74) is 0. The first kappa shape index (κ1) is 22.7. The summed E-state index contributed by atoms with van der Waals surface area (Å²) in [6, 6.07) is 8.26. The summed E-state index contributed by atoms with van der Waals surface area (Å²) in [5, 5.41) is 0. The van der Waals surface area contributed by atoms with E-state index in [1.54, 1.807) is 35.2 Å². The second kappa shape index (κ2) is 10.4. The van der Waals surface area contributed by atoms with Crippen LogP contribution < -0.4 is 0 Å². The molecule has 2 fully saturated rings. The molecule has 2 aliphatic rings. The predicted octanol–water partition coefficient (Wildman–Crippen LogP) is 2.26. The summed E-state index contributed by atoms with van der Waals surface area (Å²) < 4.78 is 30.4. The second-order valence-corrected chi connectivity index (χ2v) is 10.1. The van der Waals surface area contributed by atoms with Crippen molar-refractivity contribution in [1.29, 1.82) is 0 Å². The van der Waals surface area contributed by atoms with Gasteiger partial charge in [-0.3, -0.25) is 14.5 Å². The standard InChI is InChI=1S/C22H32N2O5S/c1-2-29-22(26)20-10-6-7-14-24(20)18-11-12-21(25)23(15-13-18)16-17-30(27,28)19-8-4-3-5-9-19/h3-5,8-9,18,20H,2,6-7,10-17H2,1H3. The molecule has 0 radical (unpaired) electrons. The van der Waals surface area contributed by atoms with Gasteiger partial charge in [0, 0.05) is 25.6 Å². The molecule has 1 aromatic carbocycles. The molecule has 0 bridgehead atoms. The summed E-state index contributed by atoms with van der Waals surface area (Å²) >= 11 is 0. The largest absolute Gasteiger partial charge is 0.465 e. The molecule has 2 aliphatic heterocycles. The van der Waals surface area contributed by atoms with E-state index in [9.17, 15) is 18.0 Å². The molecule has 7 nitrogen and oxygen atoms in total. The lowest BCUT2D eigenvalue weighted by Crippen LogP contribution is -2.51. The Morgan fingerprint density at radius 2 is 1.87 bits per heavy atom. The SMILES string of the molecule is CCOC(=O)C1CCCCN1C1CCC(=O)N(CCS(=O)(=O)c2ccccc2)CC1. The fraction of sp³-hybridized carbons (Fsp3) is 0.636. The molecule has 0 aromatic heterocycles. The molecule has 0 aliphatic carbocycles. The number of esters is 1. The Bertz CT molecular complexity index is 827. The first-order chi connectivity index (χ1) is 14.4. The van der Waals surface area contributed by atoms with E-state index >= 15 is 0 Å². The summed E-state index contributed by atoms with van der Waals surface area (Å²) in [6.07, 6.45) is 4.66. The quantitative estimate of drug-likeness (QED) is 0.610. The van der Waals surface area contributed by atoms with E-state index in [4.69, 9.17) is 4.74 Å². The van der Waals surface area contributed by atoms with Crippen LogP contribution in [-0.4, -0.2) is 74.2 Å². The normalized spacial score (nSPS) is 23.8. The van der Waals surface area contributed by atoms with E-state index in [2.05, 4.69) is 4.90 Å². The van der Waals surface area contributed by atoms with Crippen LogP contribution in [0.3, 0.4) is 0 Å². The lowest BCUT2D eigenvalue weighted by atomic mass is 9.96. The van der Waals surface area contributed by atoms with Crippen molar-refractivity contribution in [2.24, 2.45) is 0 Å². The Balaban J connectivity index is 1.61. The molecule has 8 heteroatoms. The highest BCUT2D eigenvalue weighted by molar-refractivity contribution is 7.91. The molecule has 1 aromatic rings. The van der Waals surface area contributed by atoms with Gasteiger partial charge < -0.3 is 9.64 Å². The number of hydrogen-bond donors (Lipinski definition) is 0. The van der Waals surface area contributed by atoms with Crippen molar-refractivity contribution >= 4 is 21.7 Å². The minimum atomic E-state index is -3.42. The number of hydrogen-bond acceptors (Lipinski definition) is 6.